The topological polar surface area (TPSA) is 75.5 Å². The highest BCUT2D eigenvalue weighted by Crippen LogP contribution is 2.31. The number of hydrogen-bond acceptors (Lipinski definition) is 5. The van der Waals surface area contributed by atoms with Gasteiger partial charge in [-0.3, -0.25) is 19.1 Å². The van der Waals surface area contributed by atoms with Crippen molar-refractivity contribution in [2.75, 3.05) is 13.1 Å². The second-order valence-corrected chi connectivity index (χ2v) is 8.06. The summed E-state index contributed by atoms with van der Waals surface area (Å²) in [5, 5.41) is 0. The van der Waals surface area contributed by atoms with E-state index < -0.39 is 0 Å². The highest BCUT2D eigenvalue weighted by Gasteiger charge is 2.35. The van der Waals surface area contributed by atoms with Crippen LogP contribution in [0.3, 0.4) is 0 Å². The highest BCUT2D eigenvalue weighted by atomic mass is 19.1. The third-order valence-electron chi connectivity index (χ3n) is 5.85. The summed E-state index contributed by atoms with van der Waals surface area (Å²) in [4.78, 5) is 26.6. The molecule has 0 aliphatic carbocycles. The molecule has 1 aliphatic rings. The van der Waals surface area contributed by atoms with Crippen LogP contribution < -0.4 is 10.3 Å². The molecule has 0 amide bonds. The van der Waals surface area contributed by atoms with Crippen LogP contribution in [0, 0.1) is 5.82 Å². The van der Waals surface area contributed by atoms with Crippen LogP contribution >= 0.6 is 0 Å². The van der Waals surface area contributed by atoms with Crippen molar-refractivity contribution >= 4 is 5.52 Å². The molecule has 32 heavy (non-hydrogen) atoms. The number of likely N-dealkylation sites (tertiary alicyclic amines) is 1. The van der Waals surface area contributed by atoms with Gasteiger partial charge in [0.25, 0.3) is 5.56 Å². The van der Waals surface area contributed by atoms with E-state index in [2.05, 4.69) is 26.8 Å². The Kier molecular flexibility index (Phi) is 5.45. The average molecular weight is 433 g/mol. The quantitative estimate of drug-likeness (QED) is 0.480. The van der Waals surface area contributed by atoms with Crippen molar-refractivity contribution in [3.8, 4) is 17.1 Å². The molecule has 3 aromatic heterocycles. The molecule has 1 fully saturated rings. The van der Waals surface area contributed by atoms with E-state index in [4.69, 9.17) is 4.74 Å². The number of imidazole rings is 1. The molecule has 1 unspecified atom stereocenters. The number of benzene rings is 1. The van der Waals surface area contributed by atoms with Crippen LogP contribution in [0.5, 0.6) is 5.75 Å². The molecular weight excluding hydrogens is 409 g/mol. The number of ether oxygens (including phenoxy) is 1. The van der Waals surface area contributed by atoms with Gasteiger partial charge in [0.15, 0.2) is 0 Å². The first-order chi connectivity index (χ1) is 15.6. The lowest BCUT2D eigenvalue weighted by Gasteiger charge is -2.43. The maximum absolute atomic E-state index is 13.4. The Labute approximate surface area is 184 Å². The number of hydrogen-bond donors (Lipinski definition) is 1. The number of nitrogens with one attached hydrogen (secondary N) is 1. The van der Waals surface area contributed by atoms with E-state index in [9.17, 15) is 9.18 Å². The standard InChI is InChI=1S/C24H24FN5O2/c1-2-3-21(29-13-19(14-29)32-18-8-10-26-11-9-18)20-15-30-22(24(31)28-20)12-27-23(30)16-4-6-17(25)7-5-16/h4-12,15,19,21H,2-3,13-14H2,1H3,(H,28,31). The lowest BCUT2D eigenvalue weighted by atomic mass is 10.0. The van der Waals surface area contributed by atoms with Crippen molar-refractivity contribution in [2.45, 2.75) is 31.9 Å². The molecule has 0 bridgehead atoms. The zero-order valence-corrected chi connectivity index (χ0v) is 17.7. The smallest absolute Gasteiger partial charge is 0.274 e. The van der Waals surface area contributed by atoms with Crippen LogP contribution in [0.25, 0.3) is 16.9 Å². The third-order valence-corrected chi connectivity index (χ3v) is 5.85. The van der Waals surface area contributed by atoms with Gasteiger partial charge in [-0.1, -0.05) is 13.3 Å². The van der Waals surface area contributed by atoms with Gasteiger partial charge in [-0.05, 0) is 42.8 Å². The Morgan fingerprint density at radius 1 is 1.19 bits per heavy atom. The Morgan fingerprint density at radius 3 is 2.66 bits per heavy atom. The van der Waals surface area contributed by atoms with Crippen molar-refractivity contribution in [1.29, 1.82) is 0 Å². The fourth-order valence-electron chi connectivity index (χ4n) is 4.22. The Bertz CT molecular complexity index is 1260. The lowest BCUT2D eigenvalue weighted by molar-refractivity contribution is -0.0139. The molecule has 1 saturated heterocycles. The van der Waals surface area contributed by atoms with E-state index in [-0.39, 0.29) is 23.5 Å². The third kappa shape index (κ3) is 3.89. The summed E-state index contributed by atoms with van der Waals surface area (Å²) >= 11 is 0. The van der Waals surface area contributed by atoms with E-state index in [1.807, 2.05) is 18.3 Å². The summed E-state index contributed by atoms with van der Waals surface area (Å²) in [7, 11) is 0. The molecule has 8 heteroatoms. The van der Waals surface area contributed by atoms with Gasteiger partial charge in [-0.15, -0.1) is 0 Å². The Balaban J connectivity index is 1.42. The molecule has 0 saturated carbocycles. The first-order valence-electron chi connectivity index (χ1n) is 10.8. The van der Waals surface area contributed by atoms with E-state index in [0.717, 1.165) is 42.9 Å². The number of nitrogens with zero attached hydrogens (tertiary/aromatic N) is 4. The van der Waals surface area contributed by atoms with Crippen LogP contribution in [0.4, 0.5) is 4.39 Å². The fraction of sp³-hybridized carbons (Fsp3) is 0.292. The van der Waals surface area contributed by atoms with Crippen molar-refractivity contribution in [1.82, 2.24) is 24.3 Å². The molecule has 0 spiro atoms. The first kappa shape index (κ1) is 20.4. The SMILES string of the molecule is CCCC(c1cn2c(-c3ccc(F)cc3)ncc2c(=O)[nH]1)N1CC(Oc2ccncc2)C1. The number of aromatic amines is 1. The molecule has 7 nitrogen and oxygen atoms in total. The first-order valence-corrected chi connectivity index (χ1v) is 10.8. The van der Waals surface area contributed by atoms with Crippen molar-refractivity contribution in [3.05, 3.63) is 83.1 Å². The highest BCUT2D eigenvalue weighted by molar-refractivity contribution is 5.61. The van der Waals surface area contributed by atoms with Gasteiger partial charge in [0.1, 0.15) is 29.0 Å². The Morgan fingerprint density at radius 2 is 1.94 bits per heavy atom. The van der Waals surface area contributed by atoms with Gasteiger partial charge in [0, 0.05) is 37.2 Å². The van der Waals surface area contributed by atoms with Gasteiger partial charge in [0.2, 0.25) is 0 Å². The minimum absolute atomic E-state index is 0.0675. The maximum atomic E-state index is 13.4. The summed E-state index contributed by atoms with van der Waals surface area (Å²) in [5.74, 6) is 1.12. The molecule has 5 rings (SSSR count). The predicted octanol–water partition coefficient (Wildman–Crippen LogP) is 3.83. The molecule has 4 heterocycles. The second kappa shape index (κ2) is 8.55. The average Bonchev–Trinajstić information content (AvgIpc) is 3.21. The molecule has 0 radical (unpaired) electrons. The molecule has 164 valence electrons. The number of aromatic nitrogens is 4. The molecule has 1 aliphatic heterocycles. The summed E-state index contributed by atoms with van der Waals surface area (Å²) in [6, 6.07) is 9.91. The number of halogens is 1. The van der Waals surface area contributed by atoms with E-state index in [0.29, 0.717) is 11.3 Å². The Hall–Kier alpha value is -3.52. The summed E-state index contributed by atoms with van der Waals surface area (Å²) in [6.45, 7) is 3.69. The summed E-state index contributed by atoms with van der Waals surface area (Å²) < 4.78 is 21.2. The van der Waals surface area contributed by atoms with E-state index >= 15 is 0 Å². The van der Waals surface area contributed by atoms with E-state index in [1.165, 1.54) is 12.1 Å². The normalized spacial score (nSPS) is 15.6. The predicted molar refractivity (Wildman–Crippen MR) is 119 cm³/mol. The van der Waals surface area contributed by atoms with Crippen molar-refractivity contribution in [2.24, 2.45) is 0 Å². The van der Waals surface area contributed by atoms with Crippen LogP contribution in [-0.2, 0) is 0 Å². The lowest BCUT2D eigenvalue weighted by Crippen LogP contribution is -2.55. The van der Waals surface area contributed by atoms with Gasteiger partial charge in [-0.25, -0.2) is 9.37 Å². The monoisotopic (exact) mass is 433 g/mol. The fourth-order valence-corrected chi connectivity index (χ4v) is 4.22. The number of rotatable bonds is 7. The van der Waals surface area contributed by atoms with Gasteiger partial charge in [-0.2, -0.15) is 0 Å². The van der Waals surface area contributed by atoms with Crippen LogP contribution in [-0.4, -0.2) is 43.4 Å². The minimum atomic E-state index is -0.308. The molecule has 1 N–H and O–H groups in total. The number of fused-ring (bicyclic) bond motifs is 1. The van der Waals surface area contributed by atoms with Gasteiger partial charge >= 0.3 is 0 Å². The van der Waals surface area contributed by atoms with E-state index in [1.54, 1.807) is 35.1 Å². The van der Waals surface area contributed by atoms with Crippen molar-refractivity contribution < 1.29 is 9.13 Å². The molecule has 4 aromatic rings. The summed E-state index contributed by atoms with van der Waals surface area (Å²) in [6.07, 6.45) is 8.93. The van der Waals surface area contributed by atoms with Crippen LogP contribution in [0.1, 0.15) is 31.5 Å². The van der Waals surface area contributed by atoms with Crippen LogP contribution in [0.15, 0.2) is 66.0 Å². The van der Waals surface area contributed by atoms with Gasteiger partial charge < -0.3 is 9.72 Å². The maximum Gasteiger partial charge on any atom is 0.274 e. The second-order valence-electron chi connectivity index (χ2n) is 8.06. The van der Waals surface area contributed by atoms with Gasteiger partial charge in [0.05, 0.1) is 17.9 Å². The zero-order chi connectivity index (χ0) is 22.1. The van der Waals surface area contributed by atoms with Crippen LogP contribution in [0.2, 0.25) is 0 Å². The zero-order valence-electron chi connectivity index (χ0n) is 17.7. The largest absolute Gasteiger partial charge is 0.488 e. The van der Waals surface area contributed by atoms with Crippen molar-refractivity contribution in [3.63, 3.8) is 0 Å². The number of pyridine rings is 1. The molecule has 1 aromatic carbocycles. The molecular formula is C24H24FN5O2. The summed E-state index contributed by atoms with van der Waals surface area (Å²) in [5.41, 5.74) is 1.87. The minimum Gasteiger partial charge on any atom is -0.488 e. The molecule has 1 atom stereocenters. The number of H-pyrrole nitrogens is 1.